The molecular weight excluding hydrogens is 624 g/mol. The lowest BCUT2D eigenvalue weighted by atomic mass is 9.84. The predicted octanol–water partition coefficient (Wildman–Crippen LogP) is 7.20. The van der Waals surface area contributed by atoms with Gasteiger partial charge in [0.05, 0.1) is 17.9 Å². The number of ether oxygens (including phenoxy) is 2. The molecule has 1 amide bonds. The van der Waals surface area contributed by atoms with Gasteiger partial charge in [-0.25, -0.2) is 9.78 Å². The van der Waals surface area contributed by atoms with Crippen molar-refractivity contribution >= 4 is 35.0 Å². The van der Waals surface area contributed by atoms with Crippen LogP contribution in [0.25, 0.3) is 10.6 Å². The number of aryl methyl sites for hydroxylation is 1. The first kappa shape index (κ1) is 33.3. The first-order valence-electron chi connectivity index (χ1n) is 15.3. The number of esters is 1. The van der Waals surface area contributed by atoms with E-state index in [2.05, 4.69) is 4.90 Å². The Bertz CT molecular complexity index is 1480. The van der Waals surface area contributed by atoms with Gasteiger partial charge < -0.3 is 14.4 Å². The van der Waals surface area contributed by atoms with E-state index in [1.807, 2.05) is 30.0 Å². The van der Waals surface area contributed by atoms with Crippen molar-refractivity contribution in [1.82, 2.24) is 14.8 Å². The number of alkyl halides is 3. The fourth-order valence-electron chi connectivity index (χ4n) is 5.29. The highest BCUT2D eigenvalue weighted by Gasteiger charge is 2.32. The molecule has 1 saturated carbocycles. The number of piperazine rings is 1. The van der Waals surface area contributed by atoms with Crippen molar-refractivity contribution < 1.29 is 32.2 Å². The van der Waals surface area contributed by atoms with Crippen molar-refractivity contribution in [1.29, 1.82) is 0 Å². The summed E-state index contributed by atoms with van der Waals surface area (Å²) in [5, 5.41) is 0.681. The van der Waals surface area contributed by atoms with Crippen LogP contribution in [0.2, 0.25) is 0 Å². The molecule has 0 bridgehead atoms. The lowest BCUT2D eigenvalue weighted by Crippen LogP contribution is -2.50. The van der Waals surface area contributed by atoms with E-state index in [4.69, 9.17) is 14.5 Å². The number of aromatic nitrogens is 1. The van der Waals surface area contributed by atoms with Gasteiger partial charge in [-0.3, -0.25) is 9.69 Å². The quantitative estimate of drug-likeness (QED) is 0.159. The first-order chi connectivity index (χ1) is 21.5. The van der Waals surface area contributed by atoms with E-state index in [0.717, 1.165) is 65.5 Å². The predicted molar refractivity (Wildman–Crippen MR) is 169 cm³/mol. The number of thiazole rings is 1. The van der Waals surface area contributed by atoms with Crippen LogP contribution in [0.1, 0.15) is 54.8 Å². The summed E-state index contributed by atoms with van der Waals surface area (Å²) in [6.07, 6.45) is -1.99. The van der Waals surface area contributed by atoms with Crippen molar-refractivity contribution in [3.8, 4) is 16.3 Å². The second-order valence-corrected chi connectivity index (χ2v) is 13.6. The summed E-state index contributed by atoms with van der Waals surface area (Å²) in [7, 11) is 0. The minimum Gasteiger partial charge on any atom is -0.479 e. The molecule has 45 heavy (non-hydrogen) atoms. The number of carbonyl (C=O) groups is 2. The Balaban J connectivity index is 1.29. The molecule has 3 aromatic rings. The maximum absolute atomic E-state index is 13.2. The molecule has 0 N–H and O–H groups in total. The molecule has 0 spiro atoms. The van der Waals surface area contributed by atoms with Crippen LogP contribution in [0.5, 0.6) is 5.75 Å². The number of hydrogen-bond donors (Lipinski definition) is 0. The smallest absolute Gasteiger partial charge is 0.416 e. The second kappa shape index (κ2) is 14.6. The molecule has 1 unspecified atom stereocenters. The van der Waals surface area contributed by atoms with Gasteiger partial charge in [0.2, 0.25) is 5.91 Å². The molecule has 2 aromatic carbocycles. The van der Waals surface area contributed by atoms with E-state index >= 15 is 0 Å². The van der Waals surface area contributed by atoms with Crippen LogP contribution in [0.15, 0.2) is 47.4 Å². The van der Waals surface area contributed by atoms with E-state index in [1.165, 1.54) is 23.5 Å². The number of amides is 1. The van der Waals surface area contributed by atoms with E-state index in [9.17, 15) is 22.8 Å². The Hall–Kier alpha value is -3.09. The fraction of sp³-hybridized carbons (Fsp3) is 0.485. The summed E-state index contributed by atoms with van der Waals surface area (Å²) < 4.78 is 50.3. The summed E-state index contributed by atoms with van der Waals surface area (Å²) in [6, 6.07) is 10.9. The van der Waals surface area contributed by atoms with Crippen molar-refractivity contribution in [2.24, 2.45) is 5.92 Å². The Morgan fingerprint density at radius 2 is 1.80 bits per heavy atom. The summed E-state index contributed by atoms with van der Waals surface area (Å²) in [4.78, 5) is 36.0. The lowest BCUT2D eigenvalue weighted by molar-refractivity contribution is -0.150. The standard InChI is InChI=1S/C33H38F3N3O4S2/c1-4-42-32(41)22(3)43-28-13-12-26(18-21(28)2)44-20-29-27(19-38-14-16-39(17-15-38)31(40)24-6-5-7-24)37-30(45-29)23-8-10-25(11-9-23)33(34,35)36/h8-13,18,22,24H,4-7,14-17,19-20H2,1-3H3. The van der Waals surface area contributed by atoms with Crippen molar-refractivity contribution in [3.05, 3.63) is 64.2 Å². The molecule has 2 heterocycles. The van der Waals surface area contributed by atoms with Gasteiger partial charge in [0.1, 0.15) is 10.8 Å². The summed E-state index contributed by atoms with van der Waals surface area (Å²) >= 11 is 3.14. The monoisotopic (exact) mass is 661 g/mol. The number of benzene rings is 2. The molecule has 1 aromatic heterocycles. The van der Waals surface area contributed by atoms with Gasteiger partial charge in [-0.15, -0.1) is 23.1 Å². The van der Waals surface area contributed by atoms with Crippen LogP contribution in [-0.2, 0) is 32.8 Å². The minimum absolute atomic E-state index is 0.190. The number of carbonyl (C=O) groups excluding carboxylic acids is 2. The fourth-order valence-corrected chi connectivity index (χ4v) is 7.46. The first-order valence-corrected chi connectivity index (χ1v) is 17.1. The third-order valence-electron chi connectivity index (χ3n) is 8.19. The number of rotatable bonds is 11. The Labute approximate surface area is 270 Å². The SMILES string of the molecule is CCOC(=O)C(C)Oc1ccc(SCc2sc(-c3ccc(C(F)(F)F)cc3)nc2CN2CCN(C(=O)C3CCC3)CC2)cc1C. The zero-order valence-electron chi connectivity index (χ0n) is 25.7. The molecule has 2 fully saturated rings. The van der Waals surface area contributed by atoms with Crippen molar-refractivity contribution in [2.75, 3.05) is 32.8 Å². The van der Waals surface area contributed by atoms with Crippen LogP contribution in [0.3, 0.4) is 0 Å². The highest BCUT2D eigenvalue weighted by Crippen LogP contribution is 2.37. The maximum Gasteiger partial charge on any atom is 0.416 e. The van der Waals surface area contributed by atoms with Crippen LogP contribution < -0.4 is 4.74 Å². The Morgan fingerprint density at radius 3 is 2.40 bits per heavy atom. The number of hydrogen-bond acceptors (Lipinski definition) is 8. The second-order valence-electron chi connectivity index (χ2n) is 11.4. The molecule has 242 valence electrons. The Morgan fingerprint density at radius 1 is 1.09 bits per heavy atom. The van der Waals surface area contributed by atoms with Crippen LogP contribution >= 0.6 is 23.1 Å². The highest BCUT2D eigenvalue weighted by molar-refractivity contribution is 7.98. The van der Waals surface area contributed by atoms with Crippen molar-refractivity contribution in [3.63, 3.8) is 0 Å². The van der Waals surface area contributed by atoms with Gasteiger partial charge in [-0.05, 0) is 69.5 Å². The third kappa shape index (κ3) is 8.39. The van der Waals surface area contributed by atoms with Gasteiger partial charge in [-0.2, -0.15) is 13.2 Å². The van der Waals surface area contributed by atoms with Gasteiger partial charge in [0, 0.05) is 59.7 Å². The molecule has 1 atom stereocenters. The average molecular weight is 662 g/mol. The zero-order chi connectivity index (χ0) is 32.1. The van der Waals surface area contributed by atoms with Gasteiger partial charge in [0.25, 0.3) is 0 Å². The molecule has 0 radical (unpaired) electrons. The van der Waals surface area contributed by atoms with E-state index < -0.39 is 23.8 Å². The number of thioether (sulfide) groups is 1. The van der Waals surface area contributed by atoms with Crippen LogP contribution in [0, 0.1) is 12.8 Å². The number of nitrogens with zero attached hydrogens (tertiary/aromatic N) is 3. The molecule has 7 nitrogen and oxygen atoms in total. The topological polar surface area (TPSA) is 72.0 Å². The largest absolute Gasteiger partial charge is 0.479 e. The van der Waals surface area contributed by atoms with Gasteiger partial charge >= 0.3 is 12.1 Å². The van der Waals surface area contributed by atoms with E-state index in [0.29, 0.717) is 41.7 Å². The van der Waals surface area contributed by atoms with Crippen LogP contribution in [-0.4, -0.2) is 65.6 Å². The molecule has 1 aliphatic carbocycles. The summed E-state index contributed by atoms with van der Waals surface area (Å²) in [6.45, 7) is 9.12. The molecule has 5 rings (SSSR count). The summed E-state index contributed by atoms with van der Waals surface area (Å²) in [5.74, 6) is 1.29. The molecule has 2 aliphatic rings. The summed E-state index contributed by atoms with van der Waals surface area (Å²) in [5.41, 5.74) is 1.75. The minimum atomic E-state index is -4.40. The van der Waals surface area contributed by atoms with Gasteiger partial charge in [0.15, 0.2) is 6.10 Å². The maximum atomic E-state index is 13.2. The van der Waals surface area contributed by atoms with Gasteiger partial charge in [-0.1, -0.05) is 18.6 Å². The normalized spacial score (nSPS) is 16.7. The molecule has 1 saturated heterocycles. The lowest BCUT2D eigenvalue weighted by Gasteiger charge is -2.38. The third-order valence-corrected chi connectivity index (χ3v) is 10.5. The highest BCUT2D eigenvalue weighted by atomic mass is 32.2. The average Bonchev–Trinajstić information content (AvgIpc) is 3.38. The van der Waals surface area contributed by atoms with Crippen LogP contribution in [0.4, 0.5) is 13.2 Å². The molecule has 1 aliphatic heterocycles. The molecular formula is C33H38F3N3O4S2. The molecule has 12 heteroatoms. The van der Waals surface area contributed by atoms with E-state index in [1.54, 1.807) is 25.6 Å². The van der Waals surface area contributed by atoms with E-state index in [-0.39, 0.29) is 18.4 Å². The number of halogens is 3. The van der Waals surface area contributed by atoms with Crippen molar-refractivity contribution in [2.45, 2.75) is 69.5 Å². The zero-order valence-corrected chi connectivity index (χ0v) is 27.3. The Kier molecular flexibility index (Phi) is 10.8.